The summed E-state index contributed by atoms with van der Waals surface area (Å²) in [5, 5.41) is 0. The predicted molar refractivity (Wildman–Crippen MR) is 33.3 cm³/mol. The van der Waals surface area contributed by atoms with E-state index in [0.29, 0.717) is 26.2 Å². The molecule has 0 atom stereocenters. The van der Waals surface area contributed by atoms with Gasteiger partial charge in [0, 0.05) is 6.42 Å². The van der Waals surface area contributed by atoms with E-state index in [0.717, 1.165) is 0 Å². The van der Waals surface area contributed by atoms with E-state index in [1.54, 1.807) is 0 Å². The molecule has 1 fully saturated rings. The molecule has 10 heavy (non-hydrogen) atoms. The minimum Gasteiger partial charge on any atom is -0.350 e. The van der Waals surface area contributed by atoms with Gasteiger partial charge < -0.3 is 9.47 Å². The van der Waals surface area contributed by atoms with Crippen molar-refractivity contribution in [2.75, 3.05) is 19.8 Å². The number of hydrogen-bond acceptors (Lipinski definition) is 4. The summed E-state index contributed by atoms with van der Waals surface area (Å²) in [6, 6.07) is 0. The topological polar surface area (TPSA) is 47.9 Å². The van der Waals surface area contributed by atoms with Crippen molar-refractivity contribution in [3.63, 3.8) is 0 Å². The second-order valence-corrected chi connectivity index (χ2v) is 1.93. The Kier molecular flexibility index (Phi) is 3.09. The van der Waals surface area contributed by atoms with Crippen molar-refractivity contribution in [1.82, 2.24) is 0 Å². The normalized spacial score (nSPS) is 18.8. The Morgan fingerprint density at radius 1 is 1.50 bits per heavy atom. The molecule has 0 aliphatic carbocycles. The lowest BCUT2D eigenvalue weighted by Crippen LogP contribution is -2.08. The summed E-state index contributed by atoms with van der Waals surface area (Å²) < 4.78 is 10.2. The van der Waals surface area contributed by atoms with Gasteiger partial charge in [0.05, 0.1) is 19.8 Å². The lowest BCUT2D eigenvalue weighted by molar-refractivity contribution is -0.0445. The molecule has 1 saturated heterocycles. The Balaban J connectivity index is 2.06. The lowest BCUT2D eigenvalue weighted by Gasteiger charge is -2.04. The molecule has 56 valence electrons. The first kappa shape index (κ1) is 7.41. The Morgan fingerprint density at radius 2 is 2.20 bits per heavy atom. The van der Waals surface area contributed by atoms with E-state index in [1.807, 2.05) is 0 Å². The molecular weight excluding hydrogens is 134 g/mol. The molecule has 0 aromatic carbocycles. The fourth-order valence-corrected chi connectivity index (χ4v) is 0.789. The number of hydrogen-bond donors (Lipinski definition) is 0. The molecule has 1 aliphatic rings. The fourth-order valence-electron chi connectivity index (χ4n) is 0.789. The summed E-state index contributed by atoms with van der Waals surface area (Å²) in [5.41, 5.74) is 0. The van der Waals surface area contributed by atoms with Crippen LogP contribution >= 0.6 is 0 Å². The van der Waals surface area contributed by atoms with E-state index in [2.05, 4.69) is 4.99 Å². The zero-order chi connectivity index (χ0) is 7.23. The monoisotopic (exact) mass is 143 g/mol. The molecule has 4 heteroatoms. The van der Waals surface area contributed by atoms with Gasteiger partial charge in [-0.05, 0) is 0 Å². The van der Waals surface area contributed by atoms with Crippen molar-refractivity contribution >= 4 is 6.08 Å². The van der Waals surface area contributed by atoms with Gasteiger partial charge in [-0.1, -0.05) is 0 Å². The van der Waals surface area contributed by atoms with Crippen LogP contribution in [-0.4, -0.2) is 32.1 Å². The predicted octanol–water partition coefficient (Wildman–Crippen LogP) is 0.0852. The second kappa shape index (κ2) is 4.17. The molecule has 4 nitrogen and oxygen atoms in total. The van der Waals surface area contributed by atoms with Crippen molar-refractivity contribution in [3.05, 3.63) is 0 Å². The van der Waals surface area contributed by atoms with Crippen LogP contribution in [0.5, 0.6) is 0 Å². The van der Waals surface area contributed by atoms with Crippen molar-refractivity contribution in [2.45, 2.75) is 12.7 Å². The maximum atomic E-state index is 9.61. The zero-order valence-corrected chi connectivity index (χ0v) is 5.58. The Labute approximate surface area is 58.8 Å². The van der Waals surface area contributed by atoms with Gasteiger partial charge >= 0.3 is 0 Å². The summed E-state index contributed by atoms with van der Waals surface area (Å²) in [7, 11) is 0. The van der Waals surface area contributed by atoms with Crippen molar-refractivity contribution in [2.24, 2.45) is 4.99 Å². The number of isocyanates is 1. The summed E-state index contributed by atoms with van der Waals surface area (Å²) in [4.78, 5) is 13.0. The van der Waals surface area contributed by atoms with Gasteiger partial charge in [-0.25, -0.2) is 9.79 Å². The van der Waals surface area contributed by atoms with E-state index in [-0.39, 0.29) is 6.29 Å². The number of ether oxygens (including phenoxy) is 2. The van der Waals surface area contributed by atoms with Crippen molar-refractivity contribution in [1.29, 1.82) is 0 Å². The Bertz CT molecular complexity index is 136. The molecule has 0 saturated carbocycles. The van der Waals surface area contributed by atoms with E-state index in [9.17, 15) is 4.79 Å². The van der Waals surface area contributed by atoms with Crippen LogP contribution in [0.15, 0.2) is 4.99 Å². The minimum absolute atomic E-state index is 0.155. The number of aliphatic imine (C=N–C) groups is 1. The van der Waals surface area contributed by atoms with Gasteiger partial charge in [0.1, 0.15) is 0 Å². The molecule has 0 spiro atoms. The summed E-state index contributed by atoms with van der Waals surface area (Å²) in [6.07, 6.45) is 1.95. The van der Waals surface area contributed by atoms with E-state index in [1.165, 1.54) is 6.08 Å². The van der Waals surface area contributed by atoms with Crippen molar-refractivity contribution in [3.8, 4) is 0 Å². The molecule has 0 bridgehead atoms. The smallest absolute Gasteiger partial charge is 0.234 e. The standard InChI is InChI=1S/C6H9NO3/c8-5-7-2-1-6-9-3-4-10-6/h6H,1-4H2. The molecule has 0 N–H and O–H groups in total. The van der Waals surface area contributed by atoms with Gasteiger partial charge in [0.15, 0.2) is 6.29 Å². The average molecular weight is 143 g/mol. The molecule has 0 aromatic rings. The largest absolute Gasteiger partial charge is 0.350 e. The second-order valence-electron chi connectivity index (χ2n) is 1.93. The highest BCUT2D eigenvalue weighted by Crippen LogP contribution is 2.06. The van der Waals surface area contributed by atoms with Crippen molar-refractivity contribution < 1.29 is 14.3 Å². The molecule has 0 amide bonds. The highest BCUT2D eigenvalue weighted by molar-refractivity contribution is 5.32. The van der Waals surface area contributed by atoms with Gasteiger partial charge in [0.2, 0.25) is 6.08 Å². The maximum absolute atomic E-state index is 9.61. The Hall–Kier alpha value is -0.700. The van der Waals surface area contributed by atoms with Gasteiger partial charge in [-0.2, -0.15) is 0 Å². The molecule has 1 rings (SSSR count). The van der Waals surface area contributed by atoms with Crippen LogP contribution in [-0.2, 0) is 14.3 Å². The third-order valence-electron chi connectivity index (χ3n) is 1.23. The highest BCUT2D eigenvalue weighted by Gasteiger charge is 2.14. The number of carbonyl (C=O) groups excluding carboxylic acids is 1. The average Bonchev–Trinajstić information content (AvgIpc) is 2.41. The first-order valence-electron chi connectivity index (χ1n) is 3.20. The molecule has 0 radical (unpaired) electrons. The van der Waals surface area contributed by atoms with Crippen LogP contribution in [0.2, 0.25) is 0 Å². The Morgan fingerprint density at radius 3 is 2.80 bits per heavy atom. The summed E-state index contributed by atoms with van der Waals surface area (Å²) in [5.74, 6) is 0. The molecule has 1 heterocycles. The summed E-state index contributed by atoms with van der Waals surface area (Å²) >= 11 is 0. The van der Waals surface area contributed by atoms with Crippen LogP contribution in [0.4, 0.5) is 0 Å². The third kappa shape index (κ3) is 2.27. The van der Waals surface area contributed by atoms with Gasteiger partial charge in [0.25, 0.3) is 0 Å². The van der Waals surface area contributed by atoms with Crippen LogP contribution in [0.1, 0.15) is 6.42 Å². The van der Waals surface area contributed by atoms with E-state index >= 15 is 0 Å². The molecule has 1 aliphatic heterocycles. The summed E-state index contributed by atoms with van der Waals surface area (Å²) in [6.45, 7) is 1.74. The molecular formula is C6H9NO3. The van der Waals surface area contributed by atoms with Gasteiger partial charge in [-0.3, -0.25) is 0 Å². The van der Waals surface area contributed by atoms with Crippen LogP contribution in [0.25, 0.3) is 0 Å². The van der Waals surface area contributed by atoms with Gasteiger partial charge in [-0.15, -0.1) is 0 Å². The first-order valence-corrected chi connectivity index (χ1v) is 3.20. The van der Waals surface area contributed by atoms with Crippen LogP contribution in [0, 0.1) is 0 Å². The number of rotatable bonds is 3. The molecule has 0 aromatic heterocycles. The first-order chi connectivity index (χ1) is 4.93. The maximum Gasteiger partial charge on any atom is 0.234 e. The highest BCUT2D eigenvalue weighted by atomic mass is 16.7. The lowest BCUT2D eigenvalue weighted by atomic mass is 10.4. The third-order valence-corrected chi connectivity index (χ3v) is 1.23. The zero-order valence-electron chi connectivity index (χ0n) is 5.58. The quantitative estimate of drug-likeness (QED) is 0.415. The van der Waals surface area contributed by atoms with Crippen LogP contribution < -0.4 is 0 Å². The SMILES string of the molecule is O=C=NCCC1OCCO1. The van der Waals surface area contributed by atoms with Crippen LogP contribution in [0.3, 0.4) is 0 Å². The van der Waals surface area contributed by atoms with E-state index < -0.39 is 0 Å². The minimum atomic E-state index is -0.155. The fraction of sp³-hybridized carbons (Fsp3) is 0.833. The number of nitrogens with zero attached hydrogens (tertiary/aromatic N) is 1. The van der Waals surface area contributed by atoms with E-state index in [4.69, 9.17) is 9.47 Å². The molecule has 0 unspecified atom stereocenters.